The van der Waals surface area contributed by atoms with Crippen molar-refractivity contribution in [3.8, 4) is 6.07 Å². The second kappa shape index (κ2) is 5.05. The number of hydrogen-bond donors (Lipinski definition) is 1. The molecule has 3 heteroatoms. The van der Waals surface area contributed by atoms with Crippen LogP contribution in [0.1, 0.15) is 31.4 Å². The number of carbonyl (C=O) groups is 1. The average Bonchev–Trinajstić information content (AvgIpc) is 2.80. The summed E-state index contributed by atoms with van der Waals surface area (Å²) in [5, 5.41) is 9.87. The lowest BCUT2D eigenvalue weighted by Gasteiger charge is -2.06. The van der Waals surface area contributed by atoms with E-state index in [0.29, 0.717) is 12.0 Å². The van der Waals surface area contributed by atoms with Crippen molar-refractivity contribution >= 4 is 16.7 Å². The van der Waals surface area contributed by atoms with E-state index in [9.17, 15) is 4.79 Å². The molecule has 1 aromatic heterocycles. The molecule has 18 heavy (non-hydrogen) atoms. The van der Waals surface area contributed by atoms with Crippen molar-refractivity contribution in [2.45, 2.75) is 26.7 Å². The molecule has 0 spiro atoms. The number of H-pyrrole nitrogens is 1. The Balaban J connectivity index is 2.30. The highest BCUT2D eigenvalue weighted by molar-refractivity contribution is 5.91. The molecule has 0 amide bonds. The van der Waals surface area contributed by atoms with Crippen molar-refractivity contribution in [2.24, 2.45) is 5.92 Å². The van der Waals surface area contributed by atoms with Crippen LogP contribution in [-0.4, -0.2) is 10.8 Å². The normalized spacial score (nSPS) is 12.3. The third-order valence-corrected chi connectivity index (χ3v) is 3.42. The molecule has 2 rings (SSSR count). The van der Waals surface area contributed by atoms with Crippen LogP contribution in [0.3, 0.4) is 0 Å². The minimum Gasteiger partial charge on any atom is -0.361 e. The second-order valence-corrected chi connectivity index (χ2v) is 4.64. The van der Waals surface area contributed by atoms with Gasteiger partial charge in [-0.15, -0.1) is 0 Å². The molecular formula is C15H16N2O. The molecule has 0 aliphatic rings. The van der Waals surface area contributed by atoms with Gasteiger partial charge in [-0.3, -0.25) is 4.79 Å². The van der Waals surface area contributed by atoms with Crippen LogP contribution in [0, 0.1) is 17.2 Å². The molecule has 2 aromatic rings. The van der Waals surface area contributed by atoms with Crippen LogP contribution < -0.4 is 0 Å². The maximum Gasteiger partial charge on any atom is 0.140 e. The number of nitrogens with zero attached hydrogens (tertiary/aromatic N) is 1. The molecule has 0 radical (unpaired) electrons. The first kappa shape index (κ1) is 12.4. The summed E-state index contributed by atoms with van der Waals surface area (Å²) in [5.74, 6) is 0.371. The fraction of sp³-hybridized carbons (Fsp3) is 0.333. The van der Waals surface area contributed by atoms with Crippen molar-refractivity contribution in [3.63, 3.8) is 0 Å². The summed E-state index contributed by atoms with van der Waals surface area (Å²) < 4.78 is 0. The number of rotatable bonds is 4. The summed E-state index contributed by atoms with van der Waals surface area (Å²) in [4.78, 5) is 15.1. The number of nitriles is 1. The Bertz CT molecular complexity index is 619. The molecule has 92 valence electrons. The number of nitrogens with one attached hydrogen (secondary N) is 1. The van der Waals surface area contributed by atoms with Gasteiger partial charge >= 0.3 is 0 Å². The average molecular weight is 240 g/mol. The van der Waals surface area contributed by atoms with Gasteiger partial charge in [0.05, 0.1) is 11.6 Å². The fourth-order valence-electron chi connectivity index (χ4n) is 1.99. The van der Waals surface area contributed by atoms with Gasteiger partial charge in [0.25, 0.3) is 0 Å². The maximum atomic E-state index is 11.9. The number of hydrogen-bond acceptors (Lipinski definition) is 2. The topological polar surface area (TPSA) is 56.6 Å². The number of ketones is 1. The van der Waals surface area contributed by atoms with E-state index in [4.69, 9.17) is 5.26 Å². The van der Waals surface area contributed by atoms with Crippen molar-refractivity contribution in [1.82, 2.24) is 4.98 Å². The molecule has 0 bridgehead atoms. The number of carbonyl (C=O) groups excluding carboxylic acids is 1. The molecule has 0 aliphatic heterocycles. The van der Waals surface area contributed by atoms with Gasteiger partial charge in [-0.1, -0.05) is 19.9 Å². The van der Waals surface area contributed by atoms with Crippen LogP contribution in [0.2, 0.25) is 0 Å². The van der Waals surface area contributed by atoms with E-state index < -0.39 is 0 Å². The summed E-state index contributed by atoms with van der Waals surface area (Å²) in [5.41, 5.74) is 2.56. The number of benzene rings is 1. The summed E-state index contributed by atoms with van der Waals surface area (Å²) in [6.45, 7) is 3.99. The van der Waals surface area contributed by atoms with Gasteiger partial charge in [-0.05, 0) is 24.1 Å². The number of fused-ring (bicyclic) bond motifs is 1. The van der Waals surface area contributed by atoms with Gasteiger partial charge in [0.2, 0.25) is 0 Å². The minimum atomic E-state index is 0.105. The molecule has 3 nitrogen and oxygen atoms in total. The summed E-state index contributed by atoms with van der Waals surface area (Å²) in [6.07, 6.45) is 3.20. The monoisotopic (exact) mass is 240 g/mol. The number of Topliss-reactive ketones (excluding diaryl/α,β-unsaturated/α-hetero) is 1. The van der Waals surface area contributed by atoms with E-state index in [1.807, 2.05) is 32.2 Å². The molecule has 1 unspecified atom stereocenters. The zero-order valence-corrected chi connectivity index (χ0v) is 10.7. The predicted molar refractivity (Wildman–Crippen MR) is 71.2 cm³/mol. The Hall–Kier alpha value is -2.08. The van der Waals surface area contributed by atoms with Gasteiger partial charge in [0.15, 0.2) is 0 Å². The largest absolute Gasteiger partial charge is 0.361 e. The molecule has 1 atom stereocenters. The lowest BCUT2D eigenvalue weighted by Crippen LogP contribution is -2.12. The highest BCUT2D eigenvalue weighted by Crippen LogP contribution is 2.21. The third kappa shape index (κ3) is 2.28. The lowest BCUT2D eigenvalue weighted by molar-refractivity contribution is -0.121. The Morgan fingerprint density at radius 2 is 2.28 bits per heavy atom. The van der Waals surface area contributed by atoms with Crippen LogP contribution in [0.15, 0.2) is 24.4 Å². The van der Waals surface area contributed by atoms with Crippen molar-refractivity contribution in [1.29, 1.82) is 5.26 Å². The van der Waals surface area contributed by atoms with Gasteiger partial charge in [-0.2, -0.15) is 5.26 Å². The first-order chi connectivity index (χ1) is 8.65. The van der Waals surface area contributed by atoms with Gasteiger partial charge in [-0.25, -0.2) is 0 Å². The standard InChI is InChI=1S/C15H16N2O/c1-3-10(2)15(18)7-12-9-17-14-6-11(8-16)4-5-13(12)14/h4-6,9-10,17H,3,7H2,1-2H3. The first-order valence-corrected chi connectivity index (χ1v) is 6.18. The summed E-state index contributed by atoms with van der Waals surface area (Å²) in [7, 11) is 0. The molecule has 1 heterocycles. The molecule has 1 aromatic carbocycles. The van der Waals surface area contributed by atoms with E-state index in [2.05, 4.69) is 11.1 Å². The second-order valence-electron chi connectivity index (χ2n) is 4.64. The molecular weight excluding hydrogens is 224 g/mol. The Morgan fingerprint density at radius 1 is 1.50 bits per heavy atom. The van der Waals surface area contributed by atoms with E-state index in [1.54, 1.807) is 6.07 Å². The Morgan fingerprint density at radius 3 is 2.94 bits per heavy atom. The van der Waals surface area contributed by atoms with E-state index in [1.165, 1.54) is 0 Å². The zero-order chi connectivity index (χ0) is 13.1. The Labute approximate surface area is 106 Å². The molecule has 0 aliphatic carbocycles. The smallest absolute Gasteiger partial charge is 0.140 e. The SMILES string of the molecule is CCC(C)C(=O)Cc1c[nH]c2cc(C#N)ccc12. The zero-order valence-electron chi connectivity index (χ0n) is 10.7. The maximum absolute atomic E-state index is 11.9. The van der Waals surface area contributed by atoms with Gasteiger partial charge in [0.1, 0.15) is 5.78 Å². The molecule has 0 fully saturated rings. The number of aromatic amines is 1. The van der Waals surface area contributed by atoms with E-state index in [0.717, 1.165) is 22.9 Å². The summed E-state index contributed by atoms with van der Waals surface area (Å²) >= 11 is 0. The molecule has 0 saturated carbocycles. The Kier molecular flexibility index (Phi) is 3.47. The predicted octanol–water partition coefficient (Wildman–Crippen LogP) is 3.20. The quantitative estimate of drug-likeness (QED) is 0.892. The lowest BCUT2D eigenvalue weighted by atomic mass is 9.97. The fourth-order valence-corrected chi connectivity index (χ4v) is 1.99. The van der Waals surface area contributed by atoms with Crippen molar-refractivity contribution in [2.75, 3.05) is 0 Å². The van der Waals surface area contributed by atoms with Crippen molar-refractivity contribution in [3.05, 3.63) is 35.5 Å². The van der Waals surface area contributed by atoms with Crippen LogP contribution in [0.5, 0.6) is 0 Å². The number of aromatic nitrogens is 1. The summed E-state index contributed by atoms with van der Waals surface area (Å²) in [6, 6.07) is 7.61. The minimum absolute atomic E-state index is 0.105. The molecule has 0 saturated heterocycles. The van der Waals surface area contributed by atoms with Crippen LogP contribution >= 0.6 is 0 Å². The van der Waals surface area contributed by atoms with Gasteiger partial charge in [0, 0.05) is 29.4 Å². The van der Waals surface area contributed by atoms with Crippen LogP contribution in [-0.2, 0) is 11.2 Å². The van der Waals surface area contributed by atoms with Crippen LogP contribution in [0.25, 0.3) is 10.9 Å². The van der Waals surface area contributed by atoms with Gasteiger partial charge < -0.3 is 4.98 Å². The van der Waals surface area contributed by atoms with E-state index >= 15 is 0 Å². The van der Waals surface area contributed by atoms with E-state index in [-0.39, 0.29) is 11.7 Å². The van der Waals surface area contributed by atoms with Crippen LogP contribution in [0.4, 0.5) is 0 Å². The highest BCUT2D eigenvalue weighted by Gasteiger charge is 2.14. The first-order valence-electron chi connectivity index (χ1n) is 6.18. The third-order valence-electron chi connectivity index (χ3n) is 3.42. The highest BCUT2D eigenvalue weighted by atomic mass is 16.1. The van der Waals surface area contributed by atoms with Crippen molar-refractivity contribution < 1.29 is 4.79 Å². The molecule has 1 N–H and O–H groups in total.